The number of nitrogens with zero attached hydrogens (tertiary/aromatic N) is 1. The number of ketones is 2. The van der Waals surface area contributed by atoms with Gasteiger partial charge in [0.1, 0.15) is 11.6 Å². The third-order valence-corrected chi connectivity index (χ3v) is 7.12. The minimum absolute atomic E-state index is 0.153. The van der Waals surface area contributed by atoms with Crippen LogP contribution >= 0.6 is 0 Å². The van der Waals surface area contributed by atoms with E-state index in [0.717, 1.165) is 4.90 Å². The van der Waals surface area contributed by atoms with Gasteiger partial charge >= 0.3 is 0 Å². The summed E-state index contributed by atoms with van der Waals surface area (Å²) in [4.78, 5) is 56.1. The van der Waals surface area contributed by atoms with E-state index in [1.54, 1.807) is 36.4 Å². The van der Waals surface area contributed by atoms with Gasteiger partial charge in [-0.3, -0.25) is 19.2 Å². The summed E-state index contributed by atoms with van der Waals surface area (Å²) in [6, 6.07) is 18.0. The fourth-order valence-corrected chi connectivity index (χ4v) is 5.58. The molecule has 1 aliphatic carbocycles. The number of halogens is 1. The van der Waals surface area contributed by atoms with E-state index in [1.165, 1.54) is 36.4 Å². The average molecular weight is 485 g/mol. The molecule has 0 saturated carbocycles. The van der Waals surface area contributed by atoms with Crippen LogP contribution in [0.15, 0.2) is 72.8 Å². The van der Waals surface area contributed by atoms with E-state index in [4.69, 9.17) is 9.47 Å². The summed E-state index contributed by atoms with van der Waals surface area (Å²) in [7, 11) is 0. The Morgan fingerprint density at radius 2 is 1.47 bits per heavy atom. The summed E-state index contributed by atoms with van der Waals surface area (Å²) in [6.07, 6.45) is -1.10. The first kappa shape index (κ1) is 22.3. The lowest BCUT2D eigenvalue weighted by Crippen LogP contribution is -2.51. The van der Waals surface area contributed by atoms with Crippen LogP contribution in [-0.4, -0.2) is 35.6 Å². The molecule has 0 bridgehead atoms. The molecule has 2 fully saturated rings. The zero-order chi connectivity index (χ0) is 25.2. The number of Topliss-reactive ketones (excluding diaryl/α,β-unsaturated/α-hetero) is 2. The molecule has 2 heterocycles. The number of hydrogen-bond acceptors (Lipinski definition) is 6. The number of anilines is 1. The Kier molecular flexibility index (Phi) is 4.91. The maximum absolute atomic E-state index is 13.9. The number of benzene rings is 3. The predicted molar refractivity (Wildman–Crippen MR) is 125 cm³/mol. The van der Waals surface area contributed by atoms with Crippen molar-refractivity contribution in [3.05, 3.63) is 95.3 Å². The number of hydrogen-bond donors (Lipinski definition) is 0. The second-order valence-electron chi connectivity index (χ2n) is 8.97. The van der Waals surface area contributed by atoms with Gasteiger partial charge in [0.15, 0.2) is 0 Å². The van der Waals surface area contributed by atoms with Crippen LogP contribution in [0.2, 0.25) is 0 Å². The van der Waals surface area contributed by atoms with Gasteiger partial charge in [-0.15, -0.1) is 0 Å². The number of carbonyl (C=O) groups is 4. The molecule has 6 rings (SSSR count). The molecule has 0 unspecified atom stereocenters. The topological polar surface area (TPSA) is 90.0 Å². The van der Waals surface area contributed by atoms with Gasteiger partial charge in [-0.25, -0.2) is 9.29 Å². The summed E-state index contributed by atoms with van der Waals surface area (Å²) < 4.78 is 25.3. The summed E-state index contributed by atoms with van der Waals surface area (Å²) in [5.74, 6) is -4.98. The highest BCUT2D eigenvalue weighted by atomic mass is 19.1. The van der Waals surface area contributed by atoms with E-state index in [2.05, 4.69) is 0 Å². The highest BCUT2D eigenvalue weighted by Gasteiger charge is 2.74. The van der Waals surface area contributed by atoms with Crippen molar-refractivity contribution in [1.29, 1.82) is 0 Å². The first-order valence-electron chi connectivity index (χ1n) is 11.6. The van der Waals surface area contributed by atoms with Crippen LogP contribution in [0.25, 0.3) is 0 Å². The Hall–Kier alpha value is -4.17. The van der Waals surface area contributed by atoms with E-state index < -0.39 is 52.7 Å². The van der Waals surface area contributed by atoms with Gasteiger partial charge in [-0.2, -0.15) is 0 Å². The Balaban J connectivity index is 1.49. The van der Waals surface area contributed by atoms with Crippen LogP contribution in [0.4, 0.5) is 10.1 Å². The van der Waals surface area contributed by atoms with Crippen LogP contribution < -0.4 is 9.64 Å². The summed E-state index contributed by atoms with van der Waals surface area (Å²) >= 11 is 0. The van der Waals surface area contributed by atoms with Gasteiger partial charge in [-0.1, -0.05) is 36.4 Å². The van der Waals surface area contributed by atoms with Gasteiger partial charge in [0.05, 0.1) is 30.2 Å². The monoisotopic (exact) mass is 485 g/mol. The normalized spacial score (nSPS) is 23.9. The fraction of sp³-hybridized carbons (Fsp3) is 0.214. The lowest BCUT2D eigenvalue weighted by atomic mass is 9.77. The van der Waals surface area contributed by atoms with E-state index in [1.807, 2.05) is 6.92 Å². The van der Waals surface area contributed by atoms with Crippen LogP contribution in [0.5, 0.6) is 5.75 Å². The van der Waals surface area contributed by atoms with Crippen molar-refractivity contribution in [1.82, 2.24) is 0 Å². The molecule has 3 aromatic rings. The Morgan fingerprint density at radius 3 is 2.06 bits per heavy atom. The molecule has 3 aromatic carbocycles. The largest absolute Gasteiger partial charge is 0.494 e. The molecule has 36 heavy (non-hydrogen) atoms. The van der Waals surface area contributed by atoms with Crippen LogP contribution in [0.3, 0.4) is 0 Å². The molecular formula is C28H20FNO6. The number of imide groups is 1. The molecule has 0 aromatic heterocycles. The van der Waals surface area contributed by atoms with Crippen LogP contribution in [-0.2, 0) is 14.3 Å². The maximum Gasteiger partial charge on any atom is 0.241 e. The standard InChI is InChI=1S/C28H20FNO6/c1-2-35-18-13-11-17(12-14-18)30-26(33)21-22(27(30)34)28(36-23(21)15-7-9-16(29)10-8-15)24(31)19-5-3-4-6-20(19)25(28)32/h3-14,21-23H,2H2,1H3/t21-,22+,23-/m0/s1. The molecule has 180 valence electrons. The third-order valence-electron chi connectivity index (χ3n) is 7.12. The minimum Gasteiger partial charge on any atom is -0.494 e. The molecule has 8 heteroatoms. The van der Waals surface area contributed by atoms with Crippen molar-refractivity contribution < 1.29 is 33.0 Å². The van der Waals surface area contributed by atoms with Crippen LogP contribution in [0.1, 0.15) is 39.3 Å². The molecule has 2 aliphatic heterocycles. The van der Waals surface area contributed by atoms with Gasteiger partial charge in [0.25, 0.3) is 0 Å². The highest BCUT2D eigenvalue weighted by Crippen LogP contribution is 2.57. The SMILES string of the molecule is CCOc1ccc(N2C(=O)[C@@H]3[C@H](c4ccc(F)cc4)OC4(C(=O)c5ccccc5C4=O)[C@H]3C2=O)cc1. The third kappa shape index (κ3) is 2.88. The maximum atomic E-state index is 13.9. The van der Waals surface area contributed by atoms with E-state index >= 15 is 0 Å². The van der Waals surface area contributed by atoms with Gasteiger partial charge in [0.2, 0.25) is 29.0 Å². The summed E-state index contributed by atoms with van der Waals surface area (Å²) in [5, 5.41) is 0. The number of rotatable bonds is 4. The first-order valence-corrected chi connectivity index (χ1v) is 11.6. The number of amides is 2. The zero-order valence-electron chi connectivity index (χ0n) is 19.1. The molecule has 1 spiro atoms. The van der Waals surface area contributed by atoms with Crippen molar-refractivity contribution in [2.24, 2.45) is 11.8 Å². The lowest BCUT2D eigenvalue weighted by Gasteiger charge is -2.27. The fourth-order valence-electron chi connectivity index (χ4n) is 5.58. The predicted octanol–water partition coefficient (Wildman–Crippen LogP) is 3.92. The van der Waals surface area contributed by atoms with Crippen molar-refractivity contribution in [2.75, 3.05) is 11.5 Å². The van der Waals surface area contributed by atoms with Crippen molar-refractivity contribution in [3.63, 3.8) is 0 Å². The second kappa shape index (κ2) is 7.93. The van der Waals surface area contributed by atoms with Crippen molar-refractivity contribution in [3.8, 4) is 5.75 Å². The smallest absolute Gasteiger partial charge is 0.241 e. The molecule has 0 N–H and O–H groups in total. The molecule has 2 saturated heterocycles. The van der Waals surface area contributed by atoms with E-state index in [0.29, 0.717) is 23.6 Å². The zero-order valence-corrected chi connectivity index (χ0v) is 19.1. The first-order chi connectivity index (χ1) is 17.4. The average Bonchev–Trinajstić information content (AvgIpc) is 3.45. The number of carbonyl (C=O) groups excluding carboxylic acids is 4. The van der Waals surface area contributed by atoms with E-state index in [9.17, 15) is 23.6 Å². The Bertz CT molecular complexity index is 1400. The highest BCUT2D eigenvalue weighted by molar-refractivity contribution is 6.37. The minimum atomic E-state index is -2.17. The van der Waals surface area contributed by atoms with E-state index in [-0.39, 0.29) is 11.1 Å². The van der Waals surface area contributed by atoms with Gasteiger partial charge in [-0.05, 0) is 48.9 Å². The molecular weight excluding hydrogens is 465 g/mol. The lowest BCUT2D eigenvalue weighted by molar-refractivity contribution is -0.127. The van der Waals surface area contributed by atoms with Gasteiger partial charge < -0.3 is 9.47 Å². The quantitative estimate of drug-likeness (QED) is 0.411. The summed E-state index contributed by atoms with van der Waals surface area (Å²) in [5.41, 5.74) is -1.16. The molecule has 3 aliphatic rings. The molecule has 0 radical (unpaired) electrons. The van der Waals surface area contributed by atoms with Crippen LogP contribution in [0, 0.1) is 17.7 Å². The second-order valence-corrected chi connectivity index (χ2v) is 8.97. The molecule has 2 amide bonds. The Morgan fingerprint density at radius 1 is 0.861 bits per heavy atom. The molecule has 7 nitrogen and oxygen atoms in total. The van der Waals surface area contributed by atoms with Gasteiger partial charge in [0, 0.05) is 11.1 Å². The van der Waals surface area contributed by atoms with Crippen molar-refractivity contribution in [2.45, 2.75) is 18.6 Å². The number of ether oxygens (including phenoxy) is 2. The molecule has 3 atom stereocenters. The van der Waals surface area contributed by atoms with Crippen molar-refractivity contribution >= 4 is 29.1 Å². The summed E-state index contributed by atoms with van der Waals surface area (Å²) in [6.45, 7) is 2.29. The Labute approximate surface area is 205 Å². The number of fused-ring (bicyclic) bond motifs is 3.